The predicted octanol–water partition coefficient (Wildman–Crippen LogP) is 3.48. The standard InChI is InChI=1S/C14H21BrFNO/c1-14(2,10-18)6-3-7-17-9-11-4-5-12(15)8-13(11)16/h4-5,8,17-18H,3,6-7,9-10H2,1-2H3. The van der Waals surface area contributed by atoms with Crippen LogP contribution in [0.5, 0.6) is 0 Å². The van der Waals surface area contributed by atoms with Gasteiger partial charge in [0, 0.05) is 23.2 Å². The summed E-state index contributed by atoms with van der Waals surface area (Å²) in [5, 5.41) is 12.3. The van der Waals surface area contributed by atoms with Crippen molar-refractivity contribution in [2.45, 2.75) is 33.2 Å². The van der Waals surface area contributed by atoms with Gasteiger partial charge in [0.25, 0.3) is 0 Å². The maximum absolute atomic E-state index is 13.5. The Balaban J connectivity index is 2.26. The predicted molar refractivity (Wildman–Crippen MR) is 75.9 cm³/mol. The van der Waals surface area contributed by atoms with Crippen LogP contribution in [0.25, 0.3) is 0 Å². The fraction of sp³-hybridized carbons (Fsp3) is 0.571. The fourth-order valence-corrected chi connectivity index (χ4v) is 1.99. The fourth-order valence-electron chi connectivity index (χ4n) is 1.66. The Labute approximate surface area is 117 Å². The van der Waals surface area contributed by atoms with Crippen molar-refractivity contribution in [2.75, 3.05) is 13.2 Å². The summed E-state index contributed by atoms with van der Waals surface area (Å²) in [6.07, 6.45) is 1.94. The van der Waals surface area contributed by atoms with Crippen molar-refractivity contribution in [2.24, 2.45) is 5.41 Å². The van der Waals surface area contributed by atoms with Gasteiger partial charge in [0.15, 0.2) is 0 Å². The first-order valence-electron chi connectivity index (χ1n) is 6.20. The second kappa shape index (κ2) is 7.22. The van der Waals surface area contributed by atoms with Crippen LogP contribution in [0.4, 0.5) is 4.39 Å². The third-order valence-electron chi connectivity index (χ3n) is 2.97. The highest BCUT2D eigenvalue weighted by Crippen LogP contribution is 2.20. The van der Waals surface area contributed by atoms with Crippen LogP contribution in [0.15, 0.2) is 22.7 Å². The second-order valence-corrected chi connectivity index (χ2v) is 6.25. The molecule has 0 radical (unpaired) electrons. The minimum Gasteiger partial charge on any atom is -0.396 e. The van der Waals surface area contributed by atoms with Gasteiger partial charge in [0.1, 0.15) is 5.82 Å². The van der Waals surface area contributed by atoms with Crippen LogP contribution in [0.1, 0.15) is 32.3 Å². The van der Waals surface area contributed by atoms with E-state index in [4.69, 9.17) is 5.11 Å². The Morgan fingerprint density at radius 2 is 2.11 bits per heavy atom. The molecule has 1 aromatic carbocycles. The van der Waals surface area contributed by atoms with E-state index in [1.807, 2.05) is 19.9 Å². The summed E-state index contributed by atoms with van der Waals surface area (Å²) in [5.41, 5.74) is 0.657. The molecule has 0 aliphatic carbocycles. The molecular weight excluding hydrogens is 297 g/mol. The summed E-state index contributed by atoms with van der Waals surface area (Å²) in [4.78, 5) is 0. The van der Waals surface area contributed by atoms with Crippen molar-refractivity contribution < 1.29 is 9.50 Å². The van der Waals surface area contributed by atoms with Gasteiger partial charge in [-0.05, 0) is 36.9 Å². The lowest BCUT2D eigenvalue weighted by molar-refractivity contribution is 0.148. The summed E-state index contributed by atoms with van der Waals surface area (Å²) in [6.45, 7) is 5.66. The SMILES string of the molecule is CC(C)(CO)CCCNCc1ccc(Br)cc1F. The van der Waals surface area contributed by atoms with E-state index in [0.717, 1.165) is 23.9 Å². The molecule has 0 unspecified atom stereocenters. The second-order valence-electron chi connectivity index (χ2n) is 5.34. The molecule has 1 rings (SSSR count). The summed E-state index contributed by atoms with van der Waals surface area (Å²) >= 11 is 3.23. The quantitative estimate of drug-likeness (QED) is 0.755. The molecule has 0 saturated heterocycles. The van der Waals surface area contributed by atoms with Crippen LogP contribution >= 0.6 is 15.9 Å². The van der Waals surface area contributed by atoms with E-state index in [9.17, 15) is 4.39 Å². The third kappa shape index (κ3) is 5.46. The number of hydrogen-bond acceptors (Lipinski definition) is 2. The molecule has 0 heterocycles. The van der Waals surface area contributed by atoms with Crippen LogP contribution in [0.2, 0.25) is 0 Å². The lowest BCUT2D eigenvalue weighted by atomic mass is 9.89. The molecule has 0 saturated carbocycles. The average molecular weight is 318 g/mol. The number of aliphatic hydroxyl groups is 1. The summed E-state index contributed by atoms with van der Waals surface area (Å²) < 4.78 is 14.3. The van der Waals surface area contributed by atoms with Crippen LogP contribution in [-0.4, -0.2) is 18.3 Å². The lowest BCUT2D eigenvalue weighted by Crippen LogP contribution is -2.21. The first kappa shape index (κ1) is 15.6. The van der Waals surface area contributed by atoms with E-state index in [-0.39, 0.29) is 17.8 Å². The summed E-state index contributed by atoms with van der Waals surface area (Å²) in [6, 6.07) is 5.10. The normalized spacial score (nSPS) is 11.8. The Morgan fingerprint density at radius 1 is 1.39 bits per heavy atom. The van der Waals surface area contributed by atoms with Crippen molar-refractivity contribution >= 4 is 15.9 Å². The monoisotopic (exact) mass is 317 g/mol. The number of nitrogens with one attached hydrogen (secondary N) is 1. The number of rotatable bonds is 7. The number of aliphatic hydroxyl groups excluding tert-OH is 1. The van der Waals surface area contributed by atoms with Crippen molar-refractivity contribution in [3.63, 3.8) is 0 Å². The Bertz CT molecular complexity index is 382. The van der Waals surface area contributed by atoms with Gasteiger partial charge in [0.2, 0.25) is 0 Å². The molecule has 0 bridgehead atoms. The molecule has 0 aromatic heterocycles. The molecule has 18 heavy (non-hydrogen) atoms. The molecule has 2 nitrogen and oxygen atoms in total. The number of halogens is 2. The van der Waals surface area contributed by atoms with E-state index in [0.29, 0.717) is 12.1 Å². The van der Waals surface area contributed by atoms with E-state index in [1.54, 1.807) is 6.07 Å². The van der Waals surface area contributed by atoms with Crippen molar-refractivity contribution in [3.8, 4) is 0 Å². The summed E-state index contributed by atoms with van der Waals surface area (Å²) in [7, 11) is 0. The molecule has 0 amide bonds. The molecule has 1 aromatic rings. The molecule has 0 spiro atoms. The number of hydrogen-bond donors (Lipinski definition) is 2. The third-order valence-corrected chi connectivity index (χ3v) is 3.46. The topological polar surface area (TPSA) is 32.3 Å². The van der Waals surface area contributed by atoms with Crippen molar-refractivity contribution in [3.05, 3.63) is 34.1 Å². The Morgan fingerprint density at radius 3 is 2.72 bits per heavy atom. The van der Waals surface area contributed by atoms with E-state index in [2.05, 4.69) is 21.2 Å². The minimum absolute atomic E-state index is 0.0233. The van der Waals surface area contributed by atoms with Gasteiger partial charge < -0.3 is 10.4 Å². The van der Waals surface area contributed by atoms with Gasteiger partial charge in [-0.1, -0.05) is 35.8 Å². The largest absolute Gasteiger partial charge is 0.396 e. The molecule has 4 heteroatoms. The van der Waals surface area contributed by atoms with Crippen LogP contribution < -0.4 is 5.32 Å². The molecule has 0 fully saturated rings. The highest BCUT2D eigenvalue weighted by Gasteiger charge is 2.15. The van der Waals surface area contributed by atoms with Gasteiger partial charge in [-0.25, -0.2) is 4.39 Å². The van der Waals surface area contributed by atoms with E-state index < -0.39 is 0 Å². The first-order chi connectivity index (χ1) is 8.44. The highest BCUT2D eigenvalue weighted by molar-refractivity contribution is 9.10. The first-order valence-corrected chi connectivity index (χ1v) is 6.99. The van der Waals surface area contributed by atoms with Crippen molar-refractivity contribution in [1.29, 1.82) is 0 Å². The van der Waals surface area contributed by atoms with Gasteiger partial charge in [-0.15, -0.1) is 0 Å². The molecular formula is C14H21BrFNO. The van der Waals surface area contributed by atoms with E-state index in [1.165, 1.54) is 6.07 Å². The lowest BCUT2D eigenvalue weighted by Gasteiger charge is -2.21. The zero-order chi connectivity index (χ0) is 13.6. The summed E-state index contributed by atoms with van der Waals surface area (Å²) in [5.74, 6) is -0.187. The Kier molecular flexibility index (Phi) is 6.26. The van der Waals surface area contributed by atoms with Crippen LogP contribution in [0.3, 0.4) is 0 Å². The Hall–Kier alpha value is -0.450. The molecule has 0 atom stereocenters. The van der Waals surface area contributed by atoms with Gasteiger partial charge in [-0.3, -0.25) is 0 Å². The molecule has 0 aliphatic heterocycles. The average Bonchev–Trinajstić information content (AvgIpc) is 2.31. The molecule has 0 aliphatic rings. The molecule has 2 N–H and O–H groups in total. The van der Waals surface area contributed by atoms with Crippen molar-refractivity contribution in [1.82, 2.24) is 5.32 Å². The van der Waals surface area contributed by atoms with Gasteiger partial charge >= 0.3 is 0 Å². The van der Waals surface area contributed by atoms with E-state index >= 15 is 0 Å². The molecule has 102 valence electrons. The zero-order valence-corrected chi connectivity index (χ0v) is 12.6. The van der Waals surface area contributed by atoms with Crippen LogP contribution in [-0.2, 0) is 6.54 Å². The van der Waals surface area contributed by atoms with Crippen LogP contribution in [0, 0.1) is 11.2 Å². The maximum Gasteiger partial charge on any atom is 0.128 e. The zero-order valence-electron chi connectivity index (χ0n) is 11.0. The maximum atomic E-state index is 13.5. The smallest absolute Gasteiger partial charge is 0.128 e. The minimum atomic E-state index is -0.187. The number of benzene rings is 1. The highest BCUT2D eigenvalue weighted by atomic mass is 79.9. The van der Waals surface area contributed by atoms with Gasteiger partial charge in [0.05, 0.1) is 0 Å². The van der Waals surface area contributed by atoms with Gasteiger partial charge in [-0.2, -0.15) is 0 Å².